The van der Waals surface area contributed by atoms with Crippen molar-refractivity contribution in [3.05, 3.63) is 23.3 Å². The summed E-state index contributed by atoms with van der Waals surface area (Å²) in [4.78, 5) is 24.9. The number of carboxylic acid groups (broad SMARTS) is 1. The topological polar surface area (TPSA) is 83.8 Å². The third-order valence-corrected chi connectivity index (χ3v) is 8.75. The van der Waals surface area contributed by atoms with Crippen molar-refractivity contribution in [2.75, 3.05) is 0 Å². The third-order valence-electron chi connectivity index (χ3n) is 8.75. The number of ether oxygens (including phenoxy) is 1. The summed E-state index contributed by atoms with van der Waals surface area (Å²) in [5, 5.41) is 21.0. The van der Waals surface area contributed by atoms with Gasteiger partial charge in [0.05, 0.1) is 23.2 Å². The number of fused-ring (bicyclic) bond motifs is 3. The molecule has 2 N–H and O–H groups in total. The Hall–Kier alpha value is -1.46. The lowest BCUT2D eigenvalue weighted by molar-refractivity contribution is -0.135. The van der Waals surface area contributed by atoms with Crippen LogP contribution in [0.5, 0.6) is 0 Å². The predicted octanol–water partition coefficient (Wildman–Crippen LogP) is 4.29. The minimum Gasteiger partial charge on any atom is -0.478 e. The van der Waals surface area contributed by atoms with E-state index >= 15 is 0 Å². The van der Waals surface area contributed by atoms with Crippen molar-refractivity contribution in [2.45, 2.75) is 90.4 Å². The molecular weight excluding hydrogens is 380 g/mol. The van der Waals surface area contributed by atoms with E-state index in [2.05, 4.69) is 33.8 Å². The van der Waals surface area contributed by atoms with Gasteiger partial charge < -0.3 is 14.9 Å². The molecule has 0 aromatic carbocycles. The highest BCUT2D eigenvalue weighted by Crippen LogP contribution is 2.64. The van der Waals surface area contributed by atoms with Gasteiger partial charge in [-0.15, -0.1) is 0 Å². The molecule has 0 radical (unpaired) electrons. The molecule has 0 unspecified atom stereocenters. The van der Waals surface area contributed by atoms with Crippen molar-refractivity contribution in [3.63, 3.8) is 0 Å². The highest BCUT2D eigenvalue weighted by Gasteiger charge is 2.64. The van der Waals surface area contributed by atoms with Gasteiger partial charge in [0.25, 0.3) is 0 Å². The van der Waals surface area contributed by atoms with E-state index in [0.717, 1.165) is 19.3 Å². The van der Waals surface area contributed by atoms with Gasteiger partial charge >= 0.3 is 5.97 Å². The maximum Gasteiger partial charge on any atom is 0.331 e. The van der Waals surface area contributed by atoms with Crippen LogP contribution in [-0.4, -0.2) is 39.3 Å². The third kappa shape index (κ3) is 3.20. The van der Waals surface area contributed by atoms with Crippen LogP contribution in [0.15, 0.2) is 23.3 Å². The monoisotopic (exact) mass is 416 g/mol. The van der Waals surface area contributed by atoms with Crippen LogP contribution >= 0.6 is 0 Å². The summed E-state index contributed by atoms with van der Waals surface area (Å²) in [5.74, 6) is -1.67. The Kier molecular flexibility index (Phi) is 5.10. The lowest BCUT2D eigenvalue weighted by Gasteiger charge is -2.45. The first-order valence-corrected chi connectivity index (χ1v) is 11.4. The van der Waals surface area contributed by atoms with Crippen molar-refractivity contribution < 1.29 is 24.5 Å². The van der Waals surface area contributed by atoms with Crippen LogP contribution in [0.2, 0.25) is 0 Å². The van der Waals surface area contributed by atoms with E-state index in [-0.39, 0.29) is 46.7 Å². The Morgan fingerprint density at radius 1 is 1.27 bits per heavy atom. The minimum atomic E-state index is -1.16. The molecule has 166 valence electrons. The Morgan fingerprint density at radius 3 is 2.60 bits per heavy atom. The lowest BCUT2D eigenvalue weighted by atomic mass is 9.62. The first-order valence-electron chi connectivity index (χ1n) is 11.4. The zero-order chi connectivity index (χ0) is 22.1. The highest BCUT2D eigenvalue weighted by atomic mass is 16.5. The molecule has 0 amide bonds. The number of Topliss-reactive ketones (excluding diaryl/α,β-unsaturated/α-hetero) is 1. The summed E-state index contributed by atoms with van der Waals surface area (Å²) in [6.07, 6.45) is 8.32. The van der Waals surface area contributed by atoms with Gasteiger partial charge in [-0.1, -0.05) is 31.6 Å². The van der Waals surface area contributed by atoms with Crippen molar-refractivity contribution in [3.8, 4) is 0 Å². The number of carbonyl (C=O) groups excluding carboxylic acids is 1. The summed E-state index contributed by atoms with van der Waals surface area (Å²) in [6.45, 7) is 10.4. The smallest absolute Gasteiger partial charge is 0.331 e. The van der Waals surface area contributed by atoms with E-state index < -0.39 is 17.5 Å². The molecule has 1 spiro atoms. The average molecular weight is 417 g/mol. The van der Waals surface area contributed by atoms with Gasteiger partial charge in [-0.2, -0.15) is 0 Å². The van der Waals surface area contributed by atoms with Crippen molar-refractivity contribution in [1.29, 1.82) is 0 Å². The molecule has 4 rings (SSSR count). The summed E-state index contributed by atoms with van der Waals surface area (Å²) >= 11 is 0. The molecule has 0 aromatic heterocycles. The molecule has 30 heavy (non-hydrogen) atoms. The Balaban J connectivity index is 1.76. The van der Waals surface area contributed by atoms with Crippen LogP contribution < -0.4 is 0 Å². The SMILES string of the molecule is CC(C)=C[C@H]1C[C@H](C)[C@]2(CC[C@]3(C)C[C@H]4[C@@H](C(=O)C[C@@]4(C)O)/C(C(=O)O)=C\C[C@H]32)O1. The molecule has 5 heteroatoms. The number of carbonyl (C=O) groups is 2. The number of allylic oxidation sites excluding steroid dienone is 2. The van der Waals surface area contributed by atoms with Crippen molar-refractivity contribution in [1.82, 2.24) is 0 Å². The van der Waals surface area contributed by atoms with Gasteiger partial charge in [0.2, 0.25) is 0 Å². The molecule has 1 saturated heterocycles. The highest BCUT2D eigenvalue weighted by molar-refractivity contribution is 5.98. The fourth-order valence-electron chi connectivity index (χ4n) is 7.35. The lowest BCUT2D eigenvalue weighted by Crippen LogP contribution is -2.46. The maximum absolute atomic E-state index is 12.8. The number of hydrogen-bond acceptors (Lipinski definition) is 4. The summed E-state index contributed by atoms with van der Waals surface area (Å²) < 4.78 is 6.76. The summed E-state index contributed by atoms with van der Waals surface area (Å²) in [6, 6.07) is 0. The van der Waals surface area contributed by atoms with Gasteiger partial charge in [-0.05, 0) is 70.1 Å². The molecule has 2 saturated carbocycles. The van der Waals surface area contributed by atoms with Crippen molar-refractivity contribution >= 4 is 11.8 Å². The van der Waals surface area contributed by atoms with E-state index in [1.165, 1.54) is 5.57 Å². The van der Waals surface area contributed by atoms with Crippen LogP contribution in [0.4, 0.5) is 0 Å². The maximum atomic E-state index is 12.8. The molecule has 5 nitrogen and oxygen atoms in total. The zero-order valence-corrected chi connectivity index (χ0v) is 18.9. The van der Waals surface area contributed by atoms with Gasteiger partial charge in [0.1, 0.15) is 5.78 Å². The van der Waals surface area contributed by atoms with Gasteiger partial charge in [0.15, 0.2) is 0 Å². The number of aliphatic hydroxyl groups is 1. The van der Waals surface area contributed by atoms with Crippen LogP contribution in [0.1, 0.15) is 73.1 Å². The predicted molar refractivity (Wildman–Crippen MR) is 114 cm³/mol. The minimum absolute atomic E-state index is 0.0361. The quantitative estimate of drug-likeness (QED) is 0.656. The van der Waals surface area contributed by atoms with Gasteiger partial charge in [-0.3, -0.25) is 4.79 Å². The number of hydrogen-bond donors (Lipinski definition) is 2. The molecule has 1 aliphatic heterocycles. The molecule has 0 bridgehead atoms. The van der Waals surface area contributed by atoms with Crippen molar-refractivity contribution in [2.24, 2.45) is 29.1 Å². The van der Waals surface area contributed by atoms with E-state index in [4.69, 9.17) is 4.74 Å². The average Bonchev–Trinajstić information content (AvgIpc) is 3.11. The first kappa shape index (κ1) is 21.8. The molecule has 4 aliphatic rings. The Bertz CT molecular complexity index is 819. The molecular formula is C25H36O5. The van der Waals surface area contributed by atoms with E-state index in [1.54, 1.807) is 13.0 Å². The van der Waals surface area contributed by atoms with Gasteiger partial charge in [-0.25, -0.2) is 4.79 Å². The van der Waals surface area contributed by atoms with Crippen LogP contribution in [0.25, 0.3) is 0 Å². The van der Waals surface area contributed by atoms with Crippen LogP contribution in [-0.2, 0) is 14.3 Å². The second kappa shape index (κ2) is 7.03. The van der Waals surface area contributed by atoms with Gasteiger partial charge in [0, 0.05) is 17.9 Å². The largest absolute Gasteiger partial charge is 0.478 e. The Labute approximate surface area is 179 Å². The molecule has 1 heterocycles. The van der Waals surface area contributed by atoms with E-state index in [1.807, 2.05) is 0 Å². The molecule has 0 aromatic rings. The van der Waals surface area contributed by atoms with Crippen LogP contribution in [0, 0.1) is 29.1 Å². The van der Waals surface area contributed by atoms with Crippen LogP contribution in [0.3, 0.4) is 0 Å². The molecule has 8 atom stereocenters. The van der Waals surface area contributed by atoms with E-state index in [9.17, 15) is 19.8 Å². The number of ketones is 1. The fraction of sp³-hybridized carbons (Fsp3) is 0.760. The summed E-state index contributed by atoms with van der Waals surface area (Å²) in [7, 11) is 0. The normalized spacial score (nSPS) is 49.7. The summed E-state index contributed by atoms with van der Waals surface area (Å²) in [5.41, 5.74) is -0.0969. The molecule has 3 fully saturated rings. The second-order valence-electron chi connectivity index (χ2n) is 11.2. The second-order valence-corrected chi connectivity index (χ2v) is 11.2. The first-order chi connectivity index (χ1) is 13.9. The number of carboxylic acids is 1. The van der Waals surface area contributed by atoms with E-state index in [0.29, 0.717) is 18.8 Å². The fourth-order valence-corrected chi connectivity index (χ4v) is 7.35. The number of rotatable bonds is 2. The number of aliphatic carboxylic acids is 1. The molecule has 3 aliphatic carbocycles. The zero-order valence-electron chi connectivity index (χ0n) is 18.9. The Morgan fingerprint density at radius 2 is 1.97 bits per heavy atom. The standard InChI is InChI=1S/C25H36O5/c1-14(2)10-16-11-15(3)25(30-16)9-8-23(4)12-18-21(19(26)13-24(18,5)29)17(22(27)28)6-7-20(23)25/h6,10,15-16,18,20-21,29H,7-9,11-13H2,1-5H3,(H,27,28)/b17-6+/t15-,16-,18-,20+,21-,23+,24+,25-/m0/s1.